The van der Waals surface area contributed by atoms with Crippen molar-refractivity contribution >= 4 is 78.0 Å². The van der Waals surface area contributed by atoms with Crippen molar-refractivity contribution in [1.29, 1.82) is 0 Å². The van der Waals surface area contributed by atoms with Gasteiger partial charge in [0.15, 0.2) is 0 Å². The van der Waals surface area contributed by atoms with Gasteiger partial charge in [-0.15, -0.1) is 11.3 Å². The van der Waals surface area contributed by atoms with Gasteiger partial charge in [0.05, 0.1) is 11.4 Å². The lowest BCUT2D eigenvalue weighted by Gasteiger charge is -2.49. The lowest BCUT2D eigenvalue weighted by molar-refractivity contribution is 0.333. The van der Waals surface area contributed by atoms with Crippen LogP contribution in [-0.2, 0) is 32.5 Å². The molecule has 338 valence electrons. The van der Waals surface area contributed by atoms with Gasteiger partial charge in [0.2, 0.25) is 0 Å². The number of anilines is 6. The van der Waals surface area contributed by atoms with Gasteiger partial charge in [0.1, 0.15) is 0 Å². The normalized spacial score (nSPS) is 16.5. The molecule has 2 aliphatic heterocycles. The molecule has 0 radical (unpaired) electrons. The van der Waals surface area contributed by atoms with Crippen LogP contribution < -0.4 is 25.5 Å². The molecular formula is C62H71BN2S. The predicted molar refractivity (Wildman–Crippen MR) is 291 cm³/mol. The summed E-state index contributed by atoms with van der Waals surface area (Å²) in [6.07, 6.45) is 2.32. The van der Waals surface area contributed by atoms with Crippen LogP contribution in [0.4, 0.5) is 34.1 Å². The largest absolute Gasteiger partial charge is 0.311 e. The minimum atomic E-state index is -0.124. The molecule has 0 saturated heterocycles. The van der Waals surface area contributed by atoms with Crippen molar-refractivity contribution in [3.8, 4) is 11.1 Å². The molecule has 1 aromatic heterocycles. The summed E-state index contributed by atoms with van der Waals surface area (Å²) in [5, 5.41) is 1.34. The maximum atomic E-state index is 2.73. The first-order valence-electron chi connectivity index (χ1n) is 24.6. The van der Waals surface area contributed by atoms with Gasteiger partial charge in [-0.05, 0) is 144 Å². The Kier molecular flexibility index (Phi) is 9.98. The van der Waals surface area contributed by atoms with E-state index in [1.807, 2.05) is 11.3 Å². The Bertz CT molecular complexity index is 3060. The van der Waals surface area contributed by atoms with Crippen LogP contribution in [0.5, 0.6) is 0 Å². The number of hydrogen-bond acceptors (Lipinski definition) is 3. The Morgan fingerprint density at radius 1 is 0.500 bits per heavy atom. The molecule has 10 rings (SSSR count). The first-order valence-corrected chi connectivity index (χ1v) is 25.4. The highest BCUT2D eigenvalue weighted by Gasteiger charge is 2.50. The van der Waals surface area contributed by atoms with E-state index in [1.165, 1.54) is 111 Å². The summed E-state index contributed by atoms with van der Waals surface area (Å²) in [6.45, 7) is 38.3. The molecule has 3 aliphatic rings. The Morgan fingerprint density at radius 3 is 1.68 bits per heavy atom. The topological polar surface area (TPSA) is 6.48 Å². The summed E-state index contributed by atoms with van der Waals surface area (Å²) in [6, 6.07) is 45.7. The van der Waals surface area contributed by atoms with Gasteiger partial charge in [-0.2, -0.15) is 0 Å². The molecule has 0 amide bonds. The third kappa shape index (κ3) is 7.10. The Balaban J connectivity index is 1.40. The van der Waals surface area contributed by atoms with E-state index in [-0.39, 0.29) is 39.2 Å². The number of benzene rings is 6. The number of fused-ring (bicyclic) bond motifs is 8. The monoisotopic (exact) mass is 887 g/mol. The van der Waals surface area contributed by atoms with Crippen LogP contribution in [0, 0.1) is 0 Å². The molecule has 3 heterocycles. The Labute approximate surface area is 401 Å². The molecule has 0 fully saturated rings. The quantitative estimate of drug-likeness (QED) is 0.163. The second kappa shape index (κ2) is 14.7. The van der Waals surface area contributed by atoms with Gasteiger partial charge in [0.25, 0.3) is 6.71 Å². The van der Waals surface area contributed by atoms with E-state index >= 15 is 0 Å². The Morgan fingerprint density at radius 2 is 1.06 bits per heavy atom. The van der Waals surface area contributed by atoms with Crippen molar-refractivity contribution in [3.05, 3.63) is 149 Å². The molecule has 0 atom stereocenters. The highest BCUT2D eigenvalue weighted by molar-refractivity contribution is 7.33. The van der Waals surface area contributed by atoms with Crippen LogP contribution in [-0.4, -0.2) is 6.71 Å². The molecule has 66 heavy (non-hydrogen) atoms. The summed E-state index contributed by atoms with van der Waals surface area (Å²) >= 11 is 2.02. The van der Waals surface area contributed by atoms with E-state index in [4.69, 9.17) is 0 Å². The summed E-state index contributed by atoms with van der Waals surface area (Å²) < 4.78 is 2.78. The van der Waals surface area contributed by atoms with Crippen molar-refractivity contribution in [2.45, 2.75) is 156 Å². The molecule has 0 N–H and O–H groups in total. The van der Waals surface area contributed by atoms with Gasteiger partial charge in [-0.3, -0.25) is 0 Å². The maximum absolute atomic E-state index is 2.73. The van der Waals surface area contributed by atoms with Gasteiger partial charge in [-0.25, -0.2) is 0 Å². The van der Waals surface area contributed by atoms with Crippen LogP contribution in [0.2, 0.25) is 0 Å². The SMILES string of the molecule is CC(C)(C)c1ccc(N2c3cc(C(C)(C)C)cc4c3B(c3ccc5c(c32)C(C)(C)CCC5(C)C)c2sc3ccc(C(C)(C)C)cc3c2N4c2ccc(C(C)(C)C)cc2-c2ccccc2)cc1. The van der Waals surface area contributed by atoms with Gasteiger partial charge in [0, 0.05) is 43.2 Å². The molecule has 0 bridgehead atoms. The lowest BCUT2D eigenvalue weighted by Crippen LogP contribution is -2.61. The Hall–Kier alpha value is -5.06. The molecule has 6 aromatic carbocycles. The number of rotatable bonds is 3. The predicted octanol–water partition coefficient (Wildman–Crippen LogP) is 16.2. The zero-order chi connectivity index (χ0) is 47.3. The maximum Gasteiger partial charge on any atom is 0.264 e. The molecular weight excluding hydrogens is 816 g/mol. The van der Waals surface area contributed by atoms with E-state index < -0.39 is 0 Å². The fraction of sp³-hybridized carbons (Fsp3) is 0.387. The van der Waals surface area contributed by atoms with E-state index in [9.17, 15) is 0 Å². The average molecular weight is 887 g/mol. The average Bonchev–Trinajstić information content (AvgIpc) is 3.62. The molecule has 2 nitrogen and oxygen atoms in total. The van der Waals surface area contributed by atoms with E-state index in [1.54, 1.807) is 0 Å². The summed E-state index contributed by atoms with van der Waals surface area (Å²) in [7, 11) is 0. The zero-order valence-electron chi connectivity index (χ0n) is 42.8. The molecule has 0 unspecified atom stereocenters. The fourth-order valence-corrected chi connectivity index (χ4v) is 12.6. The van der Waals surface area contributed by atoms with Gasteiger partial charge < -0.3 is 9.80 Å². The van der Waals surface area contributed by atoms with E-state index in [2.05, 4.69) is 236 Å². The number of hydrogen-bond donors (Lipinski definition) is 0. The van der Waals surface area contributed by atoms with E-state index in [0.29, 0.717) is 0 Å². The first-order chi connectivity index (χ1) is 30.8. The van der Waals surface area contributed by atoms with Crippen LogP contribution in [0.3, 0.4) is 0 Å². The second-order valence-corrected chi connectivity index (χ2v) is 26.5. The minimum absolute atomic E-state index is 0.00549. The third-order valence-electron chi connectivity index (χ3n) is 15.5. The summed E-state index contributed by atoms with van der Waals surface area (Å²) in [5.74, 6) is 0. The minimum Gasteiger partial charge on any atom is -0.311 e. The van der Waals surface area contributed by atoms with Crippen molar-refractivity contribution in [1.82, 2.24) is 0 Å². The van der Waals surface area contributed by atoms with Gasteiger partial charge >= 0.3 is 0 Å². The lowest BCUT2D eigenvalue weighted by atomic mass is 9.35. The van der Waals surface area contributed by atoms with E-state index in [0.717, 1.165) is 6.42 Å². The molecule has 0 spiro atoms. The molecule has 7 aromatic rings. The van der Waals surface area contributed by atoms with Crippen molar-refractivity contribution in [2.24, 2.45) is 0 Å². The van der Waals surface area contributed by atoms with Crippen LogP contribution in [0.25, 0.3) is 21.2 Å². The molecule has 0 saturated carbocycles. The van der Waals surface area contributed by atoms with Crippen LogP contribution in [0.1, 0.15) is 157 Å². The fourth-order valence-electron chi connectivity index (χ4n) is 11.3. The zero-order valence-corrected chi connectivity index (χ0v) is 43.6. The van der Waals surface area contributed by atoms with Crippen molar-refractivity contribution in [2.75, 3.05) is 9.80 Å². The molecule has 1 aliphatic carbocycles. The van der Waals surface area contributed by atoms with Crippen LogP contribution in [0.15, 0.2) is 115 Å². The summed E-state index contributed by atoms with van der Waals surface area (Å²) in [4.78, 5) is 5.45. The highest BCUT2D eigenvalue weighted by atomic mass is 32.1. The second-order valence-electron chi connectivity index (χ2n) is 25.4. The summed E-state index contributed by atoms with van der Waals surface area (Å²) in [5.41, 5.74) is 21.5. The first kappa shape index (κ1) is 44.8. The van der Waals surface area contributed by atoms with Gasteiger partial charge in [-0.1, -0.05) is 178 Å². The number of nitrogens with zero attached hydrogens (tertiary/aromatic N) is 2. The number of thiophene rings is 1. The smallest absolute Gasteiger partial charge is 0.264 e. The van der Waals surface area contributed by atoms with Crippen molar-refractivity contribution in [3.63, 3.8) is 0 Å². The van der Waals surface area contributed by atoms with Crippen molar-refractivity contribution < 1.29 is 0 Å². The highest BCUT2D eigenvalue weighted by Crippen LogP contribution is 2.56. The molecule has 4 heteroatoms. The third-order valence-corrected chi connectivity index (χ3v) is 16.7. The van der Waals surface area contributed by atoms with Crippen LogP contribution >= 0.6 is 11.3 Å². The standard InChI is InChI=1S/C62H71BN2S/c1-57(2,3)39-22-26-43(27-23-39)64-49-36-42(60(10,11)12)37-50-53(49)63(47-29-28-46-52(55(47)64)62(15,16)33-32-61(46,13)14)56-54(45-35-41(59(7,8)9)25-31-51(45)66-56)65(50)48-30-24-40(58(4,5)6)34-44(48)38-20-18-17-19-21-38/h17-31,34-37H,32-33H2,1-16H3.